The summed E-state index contributed by atoms with van der Waals surface area (Å²) in [7, 11) is 0. The van der Waals surface area contributed by atoms with E-state index in [1.54, 1.807) is 17.9 Å². The Labute approximate surface area is 296 Å². The topological polar surface area (TPSA) is 139 Å². The molecule has 0 N–H and O–H groups in total. The summed E-state index contributed by atoms with van der Waals surface area (Å²) in [5.41, 5.74) is 2.75. The van der Waals surface area contributed by atoms with Crippen LogP contribution in [0.1, 0.15) is 118 Å². The third kappa shape index (κ3) is 6.25. The van der Waals surface area contributed by atoms with Crippen molar-refractivity contribution in [2.75, 3.05) is 0 Å². The second-order valence-corrected chi connectivity index (χ2v) is 16.5. The van der Waals surface area contributed by atoms with Crippen LogP contribution >= 0.6 is 0 Å². The number of ether oxygens (including phenoxy) is 1. The van der Waals surface area contributed by atoms with Gasteiger partial charge < -0.3 is 4.74 Å². The second kappa shape index (κ2) is 13.1. The number of rotatable bonds is 6. The van der Waals surface area contributed by atoms with Crippen LogP contribution < -0.4 is 0 Å². The molecule has 0 saturated heterocycles. The van der Waals surface area contributed by atoms with Gasteiger partial charge in [0.15, 0.2) is 17.2 Å². The molecule has 2 saturated carbocycles. The van der Waals surface area contributed by atoms with Crippen LogP contribution in [0.25, 0.3) is 0 Å². The second-order valence-electron chi connectivity index (χ2n) is 16.5. The Bertz CT molecular complexity index is 1800. The van der Waals surface area contributed by atoms with Crippen molar-refractivity contribution >= 4 is 17.5 Å². The van der Waals surface area contributed by atoms with Crippen molar-refractivity contribution in [1.82, 2.24) is 14.8 Å². The van der Waals surface area contributed by atoms with Gasteiger partial charge in [-0.3, -0.25) is 14.4 Å². The van der Waals surface area contributed by atoms with Crippen molar-refractivity contribution in [2.45, 2.75) is 124 Å². The highest BCUT2D eigenvalue weighted by atomic mass is 16.6. The molecule has 1 aromatic heterocycles. The minimum Gasteiger partial charge on any atom is -0.451 e. The van der Waals surface area contributed by atoms with E-state index in [2.05, 4.69) is 49.1 Å². The molecule has 264 valence electrons. The predicted octanol–water partition coefficient (Wildman–Crippen LogP) is 7.50. The summed E-state index contributed by atoms with van der Waals surface area (Å²) in [6, 6.07) is 10.6. The molecule has 2 fully saturated rings. The molecule has 50 heavy (non-hydrogen) atoms. The van der Waals surface area contributed by atoms with Gasteiger partial charge in [-0.1, -0.05) is 43.7 Å². The highest BCUT2D eigenvalue weighted by Gasteiger charge is 2.67. The van der Waals surface area contributed by atoms with Crippen LogP contribution in [-0.2, 0) is 36.5 Å². The Balaban J connectivity index is 0.000000201. The zero-order valence-corrected chi connectivity index (χ0v) is 31.1. The fourth-order valence-corrected chi connectivity index (χ4v) is 9.61. The summed E-state index contributed by atoms with van der Waals surface area (Å²) < 4.78 is 7.54. The van der Waals surface area contributed by atoms with Gasteiger partial charge in [-0.25, -0.2) is 9.67 Å². The standard InChI is InChI=1S/C24H32O4.C17H19N5/c1-14-12-18-19(22(4)9-6-17(27)13-21(14)22)7-10-23(5)20(18)8-11-24(23,15(2)25)28-16(3)26;1-16(2,9-18)14-5-13(8-22-12-20-11-21-22)6-15(7-14)17(3,4)10-19/h12-13,18-20H,6-11H2,1-5H3;5-7,11-12H,8H2,1-4H3/t18-,19+,20+,22-,23+,24+;/m1./s1. The SMILES string of the molecule is CC(=O)O[C@]1(C(C)=O)CC[C@H]2[C@@H]3C=C(C)C4=CC(=O)CC[C@]4(C)[C@H]3CC[C@@]21C.CC(C)(C#N)c1cc(Cn2cncn2)cc(C(C)(C)C#N)c1. The van der Waals surface area contributed by atoms with Gasteiger partial charge in [0.25, 0.3) is 0 Å². The summed E-state index contributed by atoms with van der Waals surface area (Å²) in [5, 5.41) is 22.9. The number of nitrogens with zero attached hydrogens (tertiary/aromatic N) is 5. The first kappa shape index (κ1) is 36.9. The number of carbonyl (C=O) groups is 3. The molecule has 9 nitrogen and oxygen atoms in total. The number of aromatic nitrogens is 3. The number of carbonyl (C=O) groups excluding carboxylic acids is 3. The van der Waals surface area contributed by atoms with Crippen LogP contribution in [0, 0.1) is 51.2 Å². The molecule has 0 amide bonds. The fourth-order valence-electron chi connectivity index (χ4n) is 9.61. The van der Waals surface area contributed by atoms with Gasteiger partial charge in [0, 0.05) is 18.8 Å². The van der Waals surface area contributed by atoms with Crippen molar-refractivity contribution in [1.29, 1.82) is 10.5 Å². The average Bonchev–Trinajstić information content (AvgIpc) is 3.68. The van der Waals surface area contributed by atoms with Gasteiger partial charge >= 0.3 is 5.97 Å². The largest absolute Gasteiger partial charge is 0.451 e. The van der Waals surface area contributed by atoms with Gasteiger partial charge in [-0.2, -0.15) is 15.6 Å². The maximum atomic E-state index is 12.8. The highest BCUT2D eigenvalue weighted by Crippen LogP contribution is 2.67. The molecular weight excluding hydrogens is 626 g/mol. The number of benzene rings is 1. The van der Waals surface area contributed by atoms with Crippen molar-refractivity contribution < 1.29 is 19.1 Å². The molecule has 0 radical (unpaired) electrons. The minimum absolute atomic E-state index is 0.0160. The zero-order valence-electron chi connectivity index (χ0n) is 31.1. The molecule has 4 aliphatic carbocycles. The Morgan fingerprint density at radius 3 is 2.14 bits per heavy atom. The number of ketones is 2. The number of fused-ring (bicyclic) bond motifs is 5. The monoisotopic (exact) mass is 677 g/mol. The number of hydrogen-bond donors (Lipinski definition) is 0. The molecule has 0 aliphatic heterocycles. The number of hydrogen-bond acceptors (Lipinski definition) is 8. The maximum Gasteiger partial charge on any atom is 0.303 e. The molecule has 4 aliphatic rings. The Kier molecular flexibility index (Phi) is 9.64. The van der Waals surface area contributed by atoms with E-state index in [1.165, 1.54) is 24.4 Å². The molecular formula is C41H51N5O4. The van der Waals surface area contributed by atoms with E-state index in [-0.39, 0.29) is 28.4 Å². The van der Waals surface area contributed by atoms with E-state index in [4.69, 9.17) is 4.74 Å². The van der Waals surface area contributed by atoms with E-state index in [9.17, 15) is 24.9 Å². The lowest BCUT2D eigenvalue weighted by Crippen LogP contribution is -2.58. The van der Waals surface area contributed by atoms with E-state index < -0.39 is 16.4 Å². The summed E-state index contributed by atoms with van der Waals surface area (Å²) in [6.45, 7) is 17.7. The van der Waals surface area contributed by atoms with Crippen molar-refractivity contribution in [3.8, 4) is 12.1 Å². The van der Waals surface area contributed by atoms with Crippen LogP contribution in [0.15, 0.2) is 54.2 Å². The molecule has 1 heterocycles. The molecule has 6 atom stereocenters. The van der Waals surface area contributed by atoms with Crippen molar-refractivity contribution in [3.05, 3.63) is 70.8 Å². The normalized spacial score (nSPS) is 30.1. The van der Waals surface area contributed by atoms with Crippen LogP contribution in [0.3, 0.4) is 0 Å². The highest BCUT2D eigenvalue weighted by molar-refractivity contribution is 5.92. The first-order chi connectivity index (χ1) is 23.3. The molecule has 1 aromatic carbocycles. The molecule has 9 heteroatoms. The molecule has 0 spiro atoms. The van der Waals surface area contributed by atoms with E-state index >= 15 is 0 Å². The lowest BCUT2D eigenvalue weighted by Gasteiger charge is -2.58. The summed E-state index contributed by atoms with van der Waals surface area (Å²) in [4.78, 5) is 40.7. The fraction of sp³-hybridized carbons (Fsp3) is 0.585. The third-order valence-electron chi connectivity index (χ3n) is 12.6. The number of esters is 1. The van der Waals surface area contributed by atoms with Gasteiger partial charge in [0.2, 0.25) is 0 Å². The van der Waals surface area contributed by atoms with Crippen molar-refractivity contribution in [2.24, 2.45) is 28.6 Å². The summed E-state index contributed by atoms with van der Waals surface area (Å²) >= 11 is 0. The summed E-state index contributed by atoms with van der Waals surface area (Å²) in [5.74, 6) is 1.03. The smallest absolute Gasteiger partial charge is 0.303 e. The first-order valence-electron chi connectivity index (χ1n) is 17.8. The van der Waals surface area contributed by atoms with Crippen LogP contribution in [0.4, 0.5) is 0 Å². The van der Waals surface area contributed by atoms with E-state index in [0.29, 0.717) is 37.1 Å². The minimum atomic E-state index is -0.990. The lowest BCUT2D eigenvalue weighted by atomic mass is 9.47. The first-order valence-corrected chi connectivity index (χ1v) is 17.8. The van der Waals surface area contributed by atoms with E-state index in [0.717, 1.165) is 42.4 Å². The van der Waals surface area contributed by atoms with Gasteiger partial charge in [-0.05, 0) is 125 Å². The van der Waals surface area contributed by atoms with E-state index in [1.807, 2.05) is 52.0 Å². The number of Topliss-reactive ketones (excluding diaryl/α,β-unsaturated/α-hetero) is 1. The average molecular weight is 678 g/mol. The Hall–Kier alpha value is -4.37. The third-order valence-corrected chi connectivity index (χ3v) is 12.6. The zero-order chi connectivity index (χ0) is 36.9. The van der Waals surface area contributed by atoms with Gasteiger partial charge in [-0.15, -0.1) is 0 Å². The quantitative estimate of drug-likeness (QED) is 0.287. The predicted molar refractivity (Wildman–Crippen MR) is 189 cm³/mol. The van der Waals surface area contributed by atoms with Gasteiger partial charge in [0.05, 0.1) is 29.5 Å². The van der Waals surface area contributed by atoms with Crippen LogP contribution in [-0.4, -0.2) is 37.9 Å². The Morgan fingerprint density at radius 1 is 0.980 bits per heavy atom. The van der Waals surface area contributed by atoms with Crippen molar-refractivity contribution in [3.63, 3.8) is 0 Å². The van der Waals surface area contributed by atoms with Crippen LogP contribution in [0.2, 0.25) is 0 Å². The number of nitriles is 2. The molecule has 0 bridgehead atoms. The number of allylic oxidation sites excluding steroid dienone is 4. The summed E-state index contributed by atoms with van der Waals surface area (Å²) in [6.07, 6.45) is 12.3. The molecule has 0 unspecified atom stereocenters. The molecule has 2 aromatic rings. The Morgan fingerprint density at radius 2 is 1.60 bits per heavy atom. The van der Waals surface area contributed by atoms with Gasteiger partial charge in [0.1, 0.15) is 12.7 Å². The maximum absolute atomic E-state index is 12.8. The van der Waals surface area contributed by atoms with Crippen LogP contribution in [0.5, 0.6) is 0 Å². The lowest BCUT2D eigenvalue weighted by molar-refractivity contribution is -0.185. The molecule has 6 rings (SSSR count).